The third kappa shape index (κ3) is 2.96. The molecule has 2 amide bonds. The lowest BCUT2D eigenvalue weighted by Gasteiger charge is -2.46. The van der Waals surface area contributed by atoms with Crippen molar-refractivity contribution in [1.82, 2.24) is 9.80 Å². The van der Waals surface area contributed by atoms with Crippen molar-refractivity contribution in [3.05, 3.63) is 35.9 Å². The van der Waals surface area contributed by atoms with Crippen molar-refractivity contribution in [1.29, 1.82) is 0 Å². The highest BCUT2D eigenvalue weighted by Gasteiger charge is 2.48. The van der Waals surface area contributed by atoms with Crippen molar-refractivity contribution in [2.45, 2.75) is 50.4 Å². The van der Waals surface area contributed by atoms with E-state index in [4.69, 9.17) is 0 Å². The molecule has 0 aromatic heterocycles. The summed E-state index contributed by atoms with van der Waals surface area (Å²) in [6.07, 6.45) is 7.12. The normalized spacial score (nSPS) is 25.5. The second-order valence-electron chi connectivity index (χ2n) is 7.92. The lowest BCUT2D eigenvalue weighted by molar-refractivity contribution is -0.146. The molecule has 2 aliphatic heterocycles. The minimum absolute atomic E-state index is 0.00343. The molecule has 0 bridgehead atoms. The SMILES string of the molecule is O=C(C1CCCN(C(=O)C2(c3ccccc3)CCC2)C1)N1CCCC1. The second-order valence-corrected chi connectivity index (χ2v) is 7.92. The van der Waals surface area contributed by atoms with Gasteiger partial charge in [0, 0.05) is 26.2 Å². The number of carbonyl (C=O) groups is 2. The minimum atomic E-state index is -0.333. The number of benzene rings is 1. The molecule has 3 fully saturated rings. The van der Waals surface area contributed by atoms with Crippen LogP contribution < -0.4 is 0 Å². The molecule has 4 heteroatoms. The van der Waals surface area contributed by atoms with Gasteiger partial charge in [-0.05, 0) is 44.1 Å². The van der Waals surface area contributed by atoms with Crippen LogP contribution in [0.4, 0.5) is 0 Å². The summed E-state index contributed by atoms with van der Waals surface area (Å²) in [6.45, 7) is 3.22. The third-order valence-electron chi connectivity index (χ3n) is 6.42. The number of piperidine rings is 1. The zero-order chi connectivity index (χ0) is 17.3. The smallest absolute Gasteiger partial charge is 0.233 e. The fraction of sp³-hybridized carbons (Fsp3) is 0.619. The monoisotopic (exact) mass is 340 g/mol. The van der Waals surface area contributed by atoms with Crippen molar-refractivity contribution < 1.29 is 9.59 Å². The van der Waals surface area contributed by atoms with Crippen LogP contribution in [0.2, 0.25) is 0 Å². The zero-order valence-electron chi connectivity index (χ0n) is 15.0. The molecule has 1 unspecified atom stereocenters. The third-order valence-corrected chi connectivity index (χ3v) is 6.42. The van der Waals surface area contributed by atoms with Crippen LogP contribution in [-0.4, -0.2) is 47.8 Å². The Kier molecular flexibility index (Phi) is 4.53. The van der Waals surface area contributed by atoms with Gasteiger partial charge >= 0.3 is 0 Å². The van der Waals surface area contributed by atoms with Crippen molar-refractivity contribution in [3.8, 4) is 0 Å². The highest BCUT2D eigenvalue weighted by Crippen LogP contribution is 2.45. The van der Waals surface area contributed by atoms with E-state index < -0.39 is 0 Å². The van der Waals surface area contributed by atoms with Crippen LogP contribution in [0.3, 0.4) is 0 Å². The standard InChI is InChI=1S/C21H28N2O2/c24-19(22-13-4-5-14-22)17-8-6-15-23(16-17)20(25)21(11-7-12-21)18-9-2-1-3-10-18/h1-3,9-10,17H,4-8,11-16H2. The average molecular weight is 340 g/mol. The number of hydrogen-bond donors (Lipinski definition) is 0. The van der Waals surface area contributed by atoms with Gasteiger partial charge in [0.1, 0.15) is 0 Å². The van der Waals surface area contributed by atoms with Crippen LogP contribution in [0, 0.1) is 5.92 Å². The van der Waals surface area contributed by atoms with Crippen LogP contribution in [0.1, 0.15) is 50.5 Å². The molecule has 1 aliphatic carbocycles. The molecule has 1 atom stereocenters. The summed E-state index contributed by atoms with van der Waals surface area (Å²) in [5.41, 5.74) is 0.819. The summed E-state index contributed by atoms with van der Waals surface area (Å²) in [4.78, 5) is 30.2. The van der Waals surface area contributed by atoms with E-state index in [-0.39, 0.29) is 23.1 Å². The average Bonchev–Trinajstić information content (AvgIpc) is 3.16. The second kappa shape index (κ2) is 6.81. The Labute approximate surface area is 150 Å². The molecule has 3 aliphatic rings. The van der Waals surface area contributed by atoms with Crippen LogP contribution >= 0.6 is 0 Å². The van der Waals surface area contributed by atoms with Gasteiger partial charge in [-0.15, -0.1) is 0 Å². The largest absolute Gasteiger partial charge is 0.342 e. The van der Waals surface area contributed by atoms with Gasteiger partial charge in [0.2, 0.25) is 11.8 Å². The Hall–Kier alpha value is -1.84. The summed E-state index contributed by atoms with van der Waals surface area (Å²) in [7, 11) is 0. The summed E-state index contributed by atoms with van der Waals surface area (Å²) >= 11 is 0. The highest BCUT2D eigenvalue weighted by atomic mass is 16.2. The van der Waals surface area contributed by atoms with Gasteiger partial charge in [-0.1, -0.05) is 36.8 Å². The predicted molar refractivity (Wildman–Crippen MR) is 97.1 cm³/mol. The van der Waals surface area contributed by atoms with Gasteiger partial charge in [-0.2, -0.15) is 0 Å². The Balaban J connectivity index is 1.49. The van der Waals surface area contributed by atoms with E-state index >= 15 is 0 Å². The molecule has 1 saturated carbocycles. The minimum Gasteiger partial charge on any atom is -0.342 e. The number of rotatable bonds is 3. The molecule has 134 valence electrons. The van der Waals surface area contributed by atoms with Gasteiger partial charge in [-0.25, -0.2) is 0 Å². The maximum atomic E-state index is 13.4. The summed E-state index contributed by atoms with van der Waals surface area (Å²) in [6, 6.07) is 10.2. The van der Waals surface area contributed by atoms with Gasteiger partial charge < -0.3 is 9.80 Å². The number of hydrogen-bond acceptors (Lipinski definition) is 2. The summed E-state index contributed by atoms with van der Waals surface area (Å²) in [5.74, 6) is 0.532. The lowest BCUT2D eigenvalue weighted by Crippen LogP contribution is -2.55. The number of amides is 2. The number of carbonyl (C=O) groups excluding carboxylic acids is 2. The summed E-state index contributed by atoms with van der Waals surface area (Å²) in [5, 5.41) is 0. The van der Waals surface area contributed by atoms with Crippen LogP contribution in [0.25, 0.3) is 0 Å². The van der Waals surface area contributed by atoms with Gasteiger partial charge in [0.05, 0.1) is 11.3 Å². The number of nitrogens with zero attached hydrogens (tertiary/aromatic N) is 2. The van der Waals surface area contributed by atoms with Gasteiger partial charge in [0.25, 0.3) is 0 Å². The molecule has 1 aromatic rings. The van der Waals surface area contributed by atoms with E-state index in [1.807, 2.05) is 28.0 Å². The molecule has 2 heterocycles. The van der Waals surface area contributed by atoms with Crippen molar-refractivity contribution in [2.75, 3.05) is 26.2 Å². The van der Waals surface area contributed by atoms with E-state index in [1.54, 1.807) is 0 Å². The topological polar surface area (TPSA) is 40.6 Å². The molecule has 4 rings (SSSR count). The maximum absolute atomic E-state index is 13.4. The van der Waals surface area contributed by atoms with Crippen molar-refractivity contribution in [2.24, 2.45) is 5.92 Å². The molecule has 0 radical (unpaired) electrons. The zero-order valence-corrected chi connectivity index (χ0v) is 15.0. The predicted octanol–water partition coefficient (Wildman–Crippen LogP) is 2.97. The summed E-state index contributed by atoms with van der Waals surface area (Å²) < 4.78 is 0. The maximum Gasteiger partial charge on any atom is 0.233 e. The van der Waals surface area contributed by atoms with E-state index in [2.05, 4.69) is 12.1 Å². The molecule has 0 spiro atoms. The molecule has 25 heavy (non-hydrogen) atoms. The Morgan fingerprint density at radius 3 is 2.20 bits per heavy atom. The van der Waals surface area contributed by atoms with Crippen LogP contribution in [0.5, 0.6) is 0 Å². The molecular formula is C21H28N2O2. The van der Waals surface area contributed by atoms with E-state index in [9.17, 15) is 9.59 Å². The Morgan fingerprint density at radius 1 is 0.880 bits per heavy atom. The van der Waals surface area contributed by atoms with Gasteiger partial charge in [0.15, 0.2) is 0 Å². The van der Waals surface area contributed by atoms with Crippen LogP contribution in [0.15, 0.2) is 30.3 Å². The fourth-order valence-corrected chi connectivity index (χ4v) is 4.78. The molecule has 1 aromatic carbocycles. The van der Waals surface area contributed by atoms with Crippen molar-refractivity contribution in [3.63, 3.8) is 0 Å². The molecular weight excluding hydrogens is 312 g/mol. The van der Waals surface area contributed by atoms with E-state index in [1.165, 1.54) is 0 Å². The number of likely N-dealkylation sites (tertiary alicyclic amines) is 2. The van der Waals surface area contributed by atoms with E-state index in [0.717, 1.165) is 70.1 Å². The first-order chi connectivity index (χ1) is 12.2. The Morgan fingerprint density at radius 2 is 1.56 bits per heavy atom. The lowest BCUT2D eigenvalue weighted by atomic mass is 9.63. The highest BCUT2D eigenvalue weighted by molar-refractivity contribution is 5.90. The molecule has 0 N–H and O–H groups in total. The van der Waals surface area contributed by atoms with Crippen LogP contribution in [-0.2, 0) is 15.0 Å². The fourth-order valence-electron chi connectivity index (χ4n) is 4.78. The van der Waals surface area contributed by atoms with Gasteiger partial charge in [-0.3, -0.25) is 9.59 Å². The Bertz CT molecular complexity index is 633. The van der Waals surface area contributed by atoms with Crippen molar-refractivity contribution >= 4 is 11.8 Å². The molecule has 4 nitrogen and oxygen atoms in total. The quantitative estimate of drug-likeness (QED) is 0.849. The van der Waals surface area contributed by atoms with E-state index in [0.29, 0.717) is 6.54 Å². The first-order valence-corrected chi connectivity index (χ1v) is 9.84. The first kappa shape index (κ1) is 16.6. The first-order valence-electron chi connectivity index (χ1n) is 9.84. The molecule has 2 saturated heterocycles.